The number of hydrogen-bond acceptors (Lipinski definition) is 0. The van der Waals surface area contributed by atoms with Crippen molar-refractivity contribution >= 4 is 5.57 Å². The Bertz CT molecular complexity index is 738. The van der Waals surface area contributed by atoms with Crippen molar-refractivity contribution in [3.8, 4) is 11.1 Å². The number of allylic oxidation sites excluding steroid dienone is 4. The zero-order valence-corrected chi connectivity index (χ0v) is 14.5. The van der Waals surface area contributed by atoms with Crippen LogP contribution in [0.2, 0.25) is 0 Å². The first-order chi connectivity index (χ1) is 11.8. The predicted octanol–water partition coefficient (Wildman–Crippen LogP) is 6.99. The van der Waals surface area contributed by atoms with Crippen LogP contribution in [-0.2, 0) is 0 Å². The molecule has 1 unspecified atom stereocenters. The summed E-state index contributed by atoms with van der Waals surface area (Å²) < 4.78 is 0. The molecule has 1 atom stereocenters. The fourth-order valence-corrected chi connectivity index (χ4v) is 4.25. The van der Waals surface area contributed by atoms with Gasteiger partial charge >= 0.3 is 0 Å². The fraction of sp³-hybridized carbons (Fsp3) is 0.333. The number of rotatable bonds is 4. The van der Waals surface area contributed by atoms with Gasteiger partial charge in [0.1, 0.15) is 0 Å². The Balaban J connectivity index is 1.50. The molecule has 4 rings (SSSR count). The van der Waals surface area contributed by atoms with Gasteiger partial charge in [-0.15, -0.1) is 0 Å². The SMILES string of the molecule is CC(c1ccc(-c2ccc(C3=CC=CC3)cc2)cc1)C1CCCC1. The van der Waals surface area contributed by atoms with Gasteiger partial charge in [-0.1, -0.05) is 86.5 Å². The van der Waals surface area contributed by atoms with Crippen LogP contribution in [0, 0.1) is 5.92 Å². The third kappa shape index (κ3) is 3.11. The molecule has 2 aliphatic carbocycles. The summed E-state index contributed by atoms with van der Waals surface area (Å²) in [5, 5.41) is 0. The van der Waals surface area contributed by atoms with Gasteiger partial charge in [0.05, 0.1) is 0 Å². The van der Waals surface area contributed by atoms with Gasteiger partial charge in [-0.3, -0.25) is 0 Å². The monoisotopic (exact) mass is 314 g/mol. The maximum Gasteiger partial charge on any atom is -0.00884 e. The number of hydrogen-bond donors (Lipinski definition) is 0. The molecule has 2 aromatic rings. The minimum absolute atomic E-state index is 0.700. The first kappa shape index (κ1) is 15.4. The molecule has 2 aromatic carbocycles. The van der Waals surface area contributed by atoms with Gasteiger partial charge in [0.25, 0.3) is 0 Å². The van der Waals surface area contributed by atoms with Gasteiger partial charge in [-0.05, 0) is 58.9 Å². The summed E-state index contributed by atoms with van der Waals surface area (Å²) >= 11 is 0. The summed E-state index contributed by atoms with van der Waals surface area (Å²) in [4.78, 5) is 0. The van der Waals surface area contributed by atoms with E-state index in [2.05, 4.69) is 73.7 Å². The second-order valence-electron chi connectivity index (χ2n) is 7.36. The molecule has 0 nitrogen and oxygen atoms in total. The summed E-state index contributed by atoms with van der Waals surface area (Å²) in [6, 6.07) is 18.3. The molecule has 2 aliphatic rings. The van der Waals surface area contributed by atoms with E-state index in [1.165, 1.54) is 53.5 Å². The van der Waals surface area contributed by atoms with Crippen molar-refractivity contribution in [3.05, 3.63) is 77.9 Å². The van der Waals surface area contributed by atoms with Crippen LogP contribution in [0.15, 0.2) is 66.8 Å². The third-order valence-electron chi connectivity index (χ3n) is 5.90. The zero-order valence-electron chi connectivity index (χ0n) is 14.5. The van der Waals surface area contributed by atoms with E-state index >= 15 is 0 Å². The molecular formula is C24H26. The molecular weight excluding hydrogens is 288 g/mol. The molecule has 1 saturated carbocycles. The van der Waals surface area contributed by atoms with Crippen LogP contribution < -0.4 is 0 Å². The zero-order chi connectivity index (χ0) is 16.4. The lowest BCUT2D eigenvalue weighted by atomic mass is 9.86. The molecule has 0 aliphatic heterocycles. The minimum Gasteiger partial charge on any atom is -0.0801 e. The summed E-state index contributed by atoms with van der Waals surface area (Å²) in [5.41, 5.74) is 6.90. The highest BCUT2D eigenvalue weighted by Gasteiger charge is 2.22. The Kier molecular flexibility index (Phi) is 4.38. The van der Waals surface area contributed by atoms with Crippen LogP contribution in [0.5, 0.6) is 0 Å². The summed E-state index contributed by atoms with van der Waals surface area (Å²) in [6.07, 6.45) is 13.3. The second kappa shape index (κ2) is 6.81. The van der Waals surface area contributed by atoms with Crippen molar-refractivity contribution in [2.24, 2.45) is 5.92 Å². The average Bonchev–Trinajstić information content (AvgIpc) is 3.35. The highest BCUT2D eigenvalue weighted by Crippen LogP contribution is 2.37. The molecule has 0 saturated heterocycles. The van der Waals surface area contributed by atoms with E-state index in [1.807, 2.05) is 0 Å². The van der Waals surface area contributed by atoms with Gasteiger partial charge < -0.3 is 0 Å². The van der Waals surface area contributed by atoms with E-state index in [4.69, 9.17) is 0 Å². The summed E-state index contributed by atoms with van der Waals surface area (Å²) in [7, 11) is 0. The van der Waals surface area contributed by atoms with E-state index in [0.29, 0.717) is 5.92 Å². The van der Waals surface area contributed by atoms with Crippen LogP contribution in [0.4, 0.5) is 0 Å². The van der Waals surface area contributed by atoms with Crippen LogP contribution >= 0.6 is 0 Å². The molecule has 0 N–H and O–H groups in total. The molecule has 0 heterocycles. The fourth-order valence-electron chi connectivity index (χ4n) is 4.25. The highest BCUT2D eigenvalue weighted by atomic mass is 14.3. The molecule has 0 bridgehead atoms. The average molecular weight is 314 g/mol. The largest absolute Gasteiger partial charge is 0.0801 e. The first-order valence-corrected chi connectivity index (χ1v) is 9.38. The Labute approximate surface area is 145 Å². The molecule has 0 aromatic heterocycles. The predicted molar refractivity (Wildman–Crippen MR) is 104 cm³/mol. The molecule has 122 valence electrons. The van der Waals surface area contributed by atoms with E-state index in [0.717, 1.165) is 12.3 Å². The Morgan fingerprint density at radius 1 is 0.792 bits per heavy atom. The lowest BCUT2D eigenvalue weighted by molar-refractivity contribution is 0.461. The second-order valence-corrected chi connectivity index (χ2v) is 7.36. The Morgan fingerprint density at radius 2 is 1.38 bits per heavy atom. The summed E-state index contributed by atoms with van der Waals surface area (Å²) in [5.74, 6) is 1.59. The van der Waals surface area contributed by atoms with Gasteiger partial charge in [0, 0.05) is 0 Å². The van der Waals surface area contributed by atoms with Gasteiger partial charge in [0.15, 0.2) is 0 Å². The normalized spacial score (nSPS) is 18.8. The molecule has 24 heavy (non-hydrogen) atoms. The quantitative estimate of drug-likeness (QED) is 0.570. The molecule has 0 spiro atoms. The van der Waals surface area contributed by atoms with Crippen LogP contribution in [0.1, 0.15) is 56.1 Å². The molecule has 1 fully saturated rings. The van der Waals surface area contributed by atoms with Crippen molar-refractivity contribution in [1.29, 1.82) is 0 Å². The third-order valence-corrected chi connectivity index (χ3v) is 5.90. The van der Waals surface area contributed by atoms with Crippen molar-refractivity contribution in [3.63, 3.8) is 0 Å². The van der Waals surface area contributed by atoms with Gasteiger partial charge in [0.2, 0.25) is 0 Å². The van der Waals surface area contributed by atoms with Crippen LogP contribution in [0.25, 0.3) is 16.7 Å². The van der Waals surface area contributed by atoms with Crippen LogP contribution in [0.3, 0.4) is 0 Å². The van der Waals surface area contributed by atoms with Gasteiger partial charge in [-0.2, -0.15) is 0 Å². The molecule has 0 amide bonds. The van der Waals surface area contributed by atoms with E-state index in [-0.39, 0.29) is 0 Å². The lowest BCUT2D eigenvalue weighted by Gasteiger charge is -2.19. The van der Waals surface area contributed by atoms with Crippen molar-refractivity contribution in [2.75, 3.05) is 0 Å². The first-order valence-electron chi connectivity index (χ1n) is 9.38. The van der Waals surface area contributed by atoms with E-state index in [1.54, 1.807) is 0 Å². The maximum atomic E-state index is 2.41. The molecule has 0 heteroatoms. The van der Waals surface area contributed by atoms with Crippen molar-refractivity contribution in [2.45, 2.75) is 44.9 Å². The van der Waals surface area contributed by atoms with Crippen LogP contribution in [-0.4, -0.2) is 0 Å². The van der Waals surface area contributed by atoms with Gasteiger partial charge in [-0.25, -0.2) is 0 Å². The van der Waals surface area contributed by atoms with Crippen molar-refractivity contribution in [1.82, 2.24) is 0 Å². The lowest BCUT2D eigenvalue weighted by Crippen LogP contribution is -2.05. The summed E-state index contributed by atoms with van der Waals surface area (Å²) in [6.45, 7) is 2.41. The Hall–Kier alpha value is -2.08. The topological polar surface area (TPSA) is 0 Å². The smallest absolute Gasteiger partial charge is 0.00884 e. The van der Waals surface area contributed by atoms with E-state index in [9.17, 15) is 0 Å². The maximum absolute atomic E-state index is 2.41. The van der Waals surface area contributed by atoms with Crippen molar-refractivity contribution < 1.29 is 0 Å². The minimum atomic E-state index is 0.700. The molecule has 0 radical (unpaired) electrons. The Morgan fingerprint density at radius 3 is 1.96 bits per heavy atom. The number of benzene rings is 2. The van der Waals surface area contributed by atoms with E-state index < -0.39 is 0 Å². The highest BCUT2D eigenvalue weighted by molar-refractivity contribution is 5.73. The standard InChI is InChI=1S/C24H26/c1-18(19-6-2-3-7-19)20-10-12-23(13-11-20)24-16-14-22(15-17-24)21-8-4-5-9-21/h4-5,8,10-19H,2-3,6-7,9H2,1H3.